The van der Waals surface area contributed by atoms with Gasteiger partial charge in [0.05, 0.1) is 13.0 Å². The number of aromatic nitrogens is 1. The lowest BCUT2D eigenvalue weighted by Gasteiger charge is -2.37. The standard InChI is InChI=1S/C15H18N6O5/c1-19-8-20(3-4-26-2)15(25)10-5-11(22)9(7-21(10)19)14(24)16-12-6-13(23)18-17-12/h5,7H,3-4,6,8H2,1-2H3,(H,18,23)(H,16,17,24). The molecule has 3 rings (SSSR count). The average molecular weight is 362 g/mol. The minimum atomic E-state index is -0.691. The van der Waals surface area contributed by atoms with Crippen molar-refractivity contribution in [2.24, 2.45) is 5.10 Å². The number of nitrogens with one attached hydrogen (secondary N) is 2. The van der Waals surface area contributed by atoms with Gasteiger partial charge >= 0.3 is 0 Å². The molecule has 2 N–H and O–H groups in total. The zero-order valence-electron chi connectivity index (χ0n) is 14.3. The molecule has 2 aliphatic rings. The van der Waals surface area contributed by atoms with Crippen LogP contribution in [0.5, 0.6) is 0 Å². The molecule has 0 bridgehead atoms. The summed E-state index contributed by atoms with van der Waals surface area (Å²) in [6.07, 6.45) is 1.24. The third-order valence-corrected chi connectivity index (χ3v) is 3.99. The molecule has 0 radical (unpaired) electrons. The Bertz CT molecular complexity index is 861. The second kappa shape index (κ2) is 6.96. The van der Waals surface area contributed by atoms with E-state index in [1.54, 1.807) is 24.1 Å². The molecule has 0 aromatic carbocycles. The van der Waals surface area contributed by atoms with E-state index >= 15 is 0 Å². The summed E-state index contributed by atoms with van der Waals surface area (Å²) in [5.74, 6) is -1.22. The molecular weight excluding hydrogens is 344 g/mol. The number of hydrazone groups is 1. The van der Waals surface area contributed by atoms with E-state index in [-0.39, 0.29) is 42.0 Å². The van der Waals surface area contributed by atoms with Crippen molar-refractivity contribution in [3.63, 3.8) is 0 Å². The molecule has 0 aliphatic carbocycles. The zero-order chi connectivity index (χ0) is 18.8. The van der Waals surface area contributed by atoms with Gasteiger partial charge in [0, 0.05) is 33.0 Å². The van der Waals surface area contributed by atoms with E-state index in [2.05, 4.69) is 15.8 Å². The predicted molar refractivity (Wildman–Crippen MR) is 90.3 cm³/mol. The predicted octanol–water partition coefficient (Wildman–Crippen LogP) is -1.96. The van der Waals surface area contributed by atoms with Gasteiger partial charge in [-0.25, -0.2) is 5.43 Å². The van der Waals surface area contributed by atoms with Crippen molar-refractivity contribution in [3.8, 4) is 0 Å². The summed E-state index contributed by atoms with van der Waals surface area (Å²) < 4.78 is 6.45. The SMILES string of the molecule is COCCN1CN(C)n2cc(C(=O)NC3=NNC(=O)C3)c(=O)cc2C1=O. The van der Waals surface area contributed by atoms with Crippen molar-refractivity contribution >= 4 is 23.6 Å². The summed E-state index contributed by atoms with van der Waals surface area (Å²) in [5, 5.41) is 7.77. The fourth-order valence-electron chi connectivity index (χ4n) is 2.68. The van der Waals surface area contributed by atoms with Gasteiger partial charge in [0.2, 0.25) is 5.91 Å². The highest BCUT2D eigenvalue weighted by atomic mass is 16.5. The van der Waals surface area contributed by atoms with Crippen LogP contribution in [-0.2, 0) is 9.53 Å². The Hall–Kier alpha value is -3.21. The van der Waals surface area contributed by atoms with Gasteiger partial charge in [0.1, 0.15) is 23.8 Å². The molecule has 3 heterocycles. The minimum absolute atomic E-state index is 0.0646. The molecule has 11 nitrogen and oxygen atoms in total. The van der Waals surface area contributed by atoms with Gasteiger partial charge in [0.15, 0.2) is 5.43 Å². The number of rotatable bonds is 4. The molecule has 26 heavy (non-hydrogen) atoms. The lowest BCUT2D eigenvalue weighted by molar-refractivity contribution is -0.119. The summed E-state index contributed by atoms with van der Waals surface area (Å²) in [7, 11) is 3.27. The Morgan fingerprint density at radius 3 is 2.81 bits per heavy atom. The highest BCUT2D eigenvalue weighted by Crippen LogP contribution is 2.12. The molecular formula is C15H18N6O5. The Morgan fingerprint density at radius 2 is 2.15 bits per heavy atom. The first-order valence-electron chi connectivity index (χ1n) is 7.84. The number of amides is 3. The highest BCUT2D eigenvalue weighted by molar-refractivity contribution is 6.13. The van der Waals surface area contributed by atoms with Gasteiger partial charge in [-0.15, -0.1) is 0 Å². The van der Waals surface area contributed by atoms with Gasteiger partial charge in [-0.1, -0.05) is 0 Å². The Balaban J connectivity index is 1.86. The number of nitrogens with zero attached hydrogens (tertiary/aromatic N) is 4. The van der Waals surface area contributed by atoms with Crippen molar-refractivity contribution in [2.75, 3.05) is 39.0 Å². The van der Waals surface area contributed by atoms with Crippen LogP contribution in [0.1, 0.15) is 27.3 Å². The number of carbonyl (C=O) groups is 3. The Labute approximate surface area is 148 Å². The van der Waals surface area contributed by atoms with Crippen LogP contribution < -0.4 is 21.2 Å². The molecule has 0 saturated carbocycles. The van der Waals surface area contributed by atoms with Crippen LogP contribution in [0, 0.1) is 0 Å². The maximum absolute atomic E-state index is 12.5. The number of methoxy groups -OCH3 is 1. The average Bonchev–Trinajstić information content (AvgIpc) is 3.01. The van der Waals surface area contributed by atoms with Crippen LogP contribution in [0.15, 0.2) is 22.2 Å². The smallest absolute Gasteiger partial charge is 0.274 e. The van der Waals surface area contributed by atoms with E-state index in [1.807, 2.05) is 0 Å². The Kier molecular flexibility index (Phi) is 4.71. The van der Waals surface area contributed by atoms with E-state index in [9.17, 15) is 19.2 Å². The number of amidine groups is 1. The normalized spacial score (nSPS) is 16.3. The van der Waals surface area contributed by atoms with E-state index in [1.165, 1.54) is 10.9 Å². The minimum Gasteiger partial charge on any atom is -0.383 e. The second-order valence-electron chi connectivity index (χ2n) is 5.87. The summed E-state index contributed by atoms with van der Waals surface area (Å²) >= 11 is 0. The van der Waals surface area contributed by atoms with Crippen molar-refractivity contribution in [2.45, 2.75) is 6.42 Å². The van der Waals surface area contributed by atoms with Gasteiger partial charge in [-0.2, -0.15) is 5.10 Å². The number of fused-ring (bicyclic) bond motifs is 1. The molecule has 0 atom stereocenters. The second-order valence-corrected chi connectivity index (χ2v) is 5.87. The van der Waals surface area contributed by atoms with Gasteiger partial charge in [-0.05, 0) is 0 Å². The number of carbonyl (C=O) groups excluding carboxylic acids is 3. The van der Waals surface area contributed by atoms with E-state index in [4.69, 9.17) is 4.74 Å². The molecule has 0 fully saturated rings. The molecule has 2 aliphatic heterocycles. The fraction of sp³-hybridized carbons (Fsp3) is 0.400. The molecule has 0 saturated heterocycles. The van der Waals surface area contributed by atoms with E-state index in [0.717, 1.165) is 6.07 Å². The van der Waals surface area contributed by atoms with Gasteiger partial charge < -0.3 is 15.0 Å². The van der Waals surface area contributed by atoms with Crippen molar-refractivity contribution in [1.82, 2.24) is 20.3 Å². The number of hydrogen-bond acceptors (Lipinski definition) is 7. The first-order chi connectivity index (χ1) is 12.4. The van der Waals surface area contributed by atoms with Crippen molar-refractivity contribution < 1.29 is 19.1 Å². The van der Waals surface area contributed by atoms with Gasteiger partial charge in [-0.3, -0.25) is 28.9 Å². The van der Waals surface area contributed by atoms with E-state index in [0.29, 0.717) is 13.2 Å². The molecule has 1 aromatic rings. The quantitative estimate of drug-likeness (QED) is 0.641. The van der Waals surface area contributed by atoms with Gasteiger partial charge in [0.25, 0.3) is 11.8 Å². The van der Waals surface area contributed by atoms with Crippen LogP contribution in [0.3, 0.4) is 0 Å². The Morgan fingerprint density at radius 1 is 1.38 bits per heavy atom. The monoisotopic (exact) mass is 362 g/mol. The van der Waals surface area contributed by atoms with Crippen LogP contribution >= 0.6 is 0 Å². The molecule has 0 spiro atoms. The highest BCUT2D eigenvalue weighted by Gasteiger charge is 2.29. The third-order valence-electron chi connectivity index (χ3n) is 3.99. The molecule has 3 amide bonds. The van der Waals surface area contributed by atoms with Crippen molar-refractivity contribution in [1.29, 1.82) is 0 Å². The van der Waals surface area contributed by atoms with Crippen molar-refractivity contribution in [3.05, 3.63) is 33.7 Å². The van der Waals surface area contributed by atoms with Crippen LogP contribution in [-0.4, -0.2) is 67.1 Å². The lowest BCUT2D eigenvalue weighted by atomic mass is 10.2. The first-order valence-corrected chi connectivity index (χ1v) is 7.84. The molecule has 1 aromatic heterocycles. The molecule has 0 unspecified atom stereocenters. The van der Waals surface area contributed by atoms with E-state index < -0.39 is 11.3 Å². The van der Waals surface area contributed by atoms with Crippen LogP contribution in [0.4, 0.5) is 0 Å². The maximum atomic E-state index is 12.5. The summed E-state index contributed by atoms with van der Waals surface area (Å²) in [6.45, 7) is 1.04. The number of hydrogen-bond donors (Lipinski definition) is 2. The lowest BCUT2D eigenvalue weighted by Crippen LogP contribution is -2.53. The first kappa shape index (κ1) is 17.6. The fourth-order valence-corrected chi connectivity index (χ4v) is 2.68. The molecule has 11 heteroatoms. The number of ether oxygens (including phenoxy) is 1. The number of pyridine rings is 1. The molecule has 138 valence electrons. The summed E-state index contributed by atoms with van der Waals surface area (Å²) in [4.78, 5) is 49.9. The van der Waals surface area contributed by atoms with Crippen LogP contribution in [0.2, 0.25) is 0 Å². The maximum Gasteiger partial charge on any atom is 0.274 e. The largest absolute Gasteiger partial charge is 0.383 e. The summed E-state index contributed by atoms with van der Waals surface area (Å²) in [5.41, 5.74) is 1.62. The van der Waals surface area contributed by atoms with Crippen LogP contribution in [0.25, 0.3) is 0 Å². The summed E-state index contributed by atoms with van der Waals surface area (Å²) in [6, 6.07) is 1.13. The third kappa shape index (κ3) is 3.28. The topological polar surface area (TPSA) is 125 Å². The zero-order valence-corrected chi connectivity index (χ0v) is 14.3.